The van der Waals surface area contributed by atoms with Crippen molar-refractivity contribution in [1.82, 2.24) is 0 Å². The van der Waals surface area contributed by atoms with Gasteiger partial charge in [0, 0.05) is 6.07 Å². The molecule has 21 heavy (non-hydrogen) atoms. The Morgan fingerprint density at radius 3 is 2.33 bits per heavy atom. The van der Waals surface area contributed by atoms with Crippen LogP contribution in [-0.4, -0.2) is 18.2 Å². The molecule has 4 heteroatoms. The molecule has 2 rings (SSSR count). The lowest BCUT2D eigenvalue weighted by molar-refractivity contribution is 0.0694. The van der Waals surface area contributed by atoms with E-state index < -0.39 is 5.97 Å². The molecule has 0 spiro atoms. The molecule has 110 valence electrons. The van der Waals surface area contributed by atoms with Gasteiger partial charge in [-0.1, -0.05) is 25.5 Å². The molecule has 0 saturated carbocycles. The molecule has 0 saturated heterocycles. The zero-order chi connectivity index (χ0) is 15.2. The lowest BCUT2D eigenvalue weighted by Crippen LogP contribution is -2.00. The van der Waals surface area contributed by atoms with Gasteiger partial charge in [0.1, 0.15) is 22.8 Å². The number of methoxy groups -OCH3 is 1. The molecule has 4 nitrogen and oxygen atoms in total. The second-order valence-electron chi connectivity index (χ2n) is 4.66. The molecule has 0 aliphatic heterocycles. The molecule has 0 unspecified atom stereocenters. The third-order valence-corrected chi connectivity index (χ3v) is 3.11. The molecule has 2 aromatic carbocycles. The van der Waals surface area contributed by atoms with E-state index >= 15 is 0 Å². The summed E-state index contributed by atoms with van der Waals surface area (Å²) in [6, 6.07) is 12.3. The number of hydrogen-bond acceptors (Lipinski definition) is 3. The van der Waals surface area contributed by atoms with Crippen LogP contribution in [0.25, 0.3) is 0 Å². The van der Waals surface area contributed by atoms with E-state index in [0.29, 0.717) is 11.5 Å². The number of carboxylic acid groups (broad SMARTS) is 1. The Hall–Kier alpha value is -2.49. The van der Waals surface area contributed by atoms with Gasteiger partial charge in [-0.3, -0.25) is 0 Å². The monoisotopic (exact) mass is 286 g/mol. The van der Waals surface area contributed by atoms with Gasteiger partial charge in [-0.25, -0.2) is 4.79 Å². The van der Waals surface area contributed by atoms with Crippen molar-refractivity contribution >= 4 is 5.97 Å². The minimum Gasteiger partial charge on any atom is -0.497 e. The number of carboxylic acids is 1. The van der Waals surface area contributed by atoms with Crippen LogP contribution in [0.4, 0.5) is 0 Å². The van der Waals surface area contributed by atoms with E-state index in [0.717, 1.165) is 12.8 Å². The topological polar surface area (TPSA) is 55.8 Å². The summed E-state index contributed by atoms with van der Waals surface area (Å²) >= 11 is 0. The first kappa shape index (κ1) is 14.9. The van der Waals surface area contributed by atoms with Crippen molar-refractivity contribution in [3.05, 3.63) is 53.6 Å². The number of hydrogen-bond donors (Lipinski definition) is 1. The summed E-state index contributed by atoms with van der Waals surface area (Å²) in [7, 11) is 1.53. The van der Waals surface area contributed by atoms with Crippen molar-refractivity contribution in [2.45, 2.75) is 19.8 Å². The summed E-state index contributed by atoms with van der Waals surface area (Å²) in [4.78, 5) is 11.2. The molecule has 0 atom stereocenters. The Labute approximate surface area is 123 Å². The molecule has 0 amide bonds. The summed E-state index contributed by atoms with van der Waals surface area (Å²) in [6.07, 6.45) is 2.10. The van der Waals surface area contributed by atoms with Crippen molar-refractivity contribution in [1.29, 1.82) is 0 Å². The molecular formula is C17H18O4. The fraction of sp³-hybridized carbons (Fsp3) is 0.235. The fourth-order valence-corrected chi connectivity index (χ4v) is 2.03. The number of carbonyl (C=O) groups is 1. The van der Waals surface area contributed by atoms with Gasteiger partial charge >= 0.3 is 5.97 Å². The zero-order valence-corrected chi connectivity index (χ0v) is 12.1. The molecule has 0 heterocycles. The molecule has 0 radical (unpaired) electrons. The lowest BCUT2D eigenvalue weighted by Gasteiger charge is -2.11. The van der Waals surface area contributed by atoms with Crippen LogP contribution >= 0.6 is 0 Å². The normalized spacial score (nSPS) is 10.2. The maximum atomic E-state index is 11.2. The van der Waals surface area contributed by atoms with E-state index in [1.54, 1.807) is 12.1 Å². The predicted molar refractivity (Wildman–Crippen MR) is 80.5 cm³/mol. The Morgan fingerprint density at radius 2 is 1.76 bits per heavy atom. The van der Waals surface area contributed by atoms with Gasteiger partial charge in [0.2, 0.25) is 0 Å². The number of aryl methyl sites for hydroxylation is 1. The summed E-state index contributed by atoms with van der Waals surface area (Å²) < 4.78 is 10.8. The van der Waals surface area contributed by atoms with Crippen LogP contribution in [0.15, 0.2) is 42.5 Å². The van der Waals surface area contributed by atoms with E-state index in [9.17, 15) is 9.90 Å². The van der Waals surface area contributed by atoms with E-state index in [4.69, 9.17) is 9.47 Å². The predicted octanol–water partition coefficient (Wildman–Crippen LogP) is 4.14. The highest BCUT2D eigenvalue weighted by Crippen LogP contribution is 2.29. The van der Waals surface area contributed by atoms with Crippen molar-refractivity contribution < 1.29 is 19.4 Å². The van der Waals surface area contributed by atoms with Gasteiger partial charge in [0.15, 0.2) is 0 Å². The Bertz CT molecular complexity index is 617. The van der Waals surface area contributed by atoms with Crippen LogP contribution in [0.5, 0.6) is 17.2 Å². The highest BCUT2D eigenvalue weighted by molar-refractivity contribution is 5.91. The molecule has 0 aromatic heterocycles. The van der Waals surface area contributed by atoms with Crippen LogP contribution in [0.2, 0.25) is 0 Å². The van der Waals surface area contributed by atoms with E-state index in [-0.39, 0.29) is 11.3 Å². The smallest absolute Gasteiger partial charge is 0.339 e. The average molecular weight is 286 g/mol. The molecule has 1 N–H and O–H groups in total. The SMILES string of the molecule is CCCc1ccc(Oc2cc(OC)ccc2C(=O)O)cc1. The summed E-state index contributed by atoms with van der Waals surface area (Å²) in [5.74, 6) is 0.392. The first-order valence-corrected chi connectivity index (χ1v) is 6.82. The van der Waals surface area contributed by atoms with Crippen LogP contribution in [-0.2, 0) is 6.42 Å². The lowest BCUT2D eigenvalue weighted by atomic mass is 10.1. The van der Waals surface area contributed by atoms with Crippen LogP contribution in [0.3, 0.4) is 0 Å². The molecule has 0 bridgehead atoms. The maximum absolute atomic E-state index is 11.2. The minimum absolute atomic E-state index is 0.105. The number of ether oxygens (including phenoxy) is 2. The number of rotatable bonds is 6. The molecular weight excluding hydrogens is 268 g/mol. The van der Waals surface area contributed by atoms with Crippen LogP contribution in [0.1, 0.15) is 29.3 Å². The summed E-state index contributed by atoms with van der Waals surface area (Å²) in [5, 5.41) is 9.20. The Morgan fingerprint density at radius 1 is 1.10 bits per heavy atom. The van der Waals surface area contributed by atoms with E-state index in [2.05, 4.69) is 6.92 Å². The van der Waals surface area contributed by atoms with Crippen molar-refractivity contribution in [2.24, 2.45) is 0 Å². The first-order valence-electron chi connectivity index (χ1n) is 6.82. The quantitative estimate of drug-likeness (QED) is 0.867. The molecule has 0 aliphatic carbocycles. The Kier molecular flexibility index (Phi) is 4.82. The van der Waals surface area contributed by atoms with Crippen LogP contribution < -0.4 is 9.47 Å². The van der Waals surface area contributed by atoms with Gasteiger partial charge in [0.05, 0.1) is 7.11 Å². The van der Waals surface area contributed by atoms with E-state index in [1.165, 1.54) is 18.7 Å². The minimum atomic E-state index is -1.03. The zero-order valence-electron chi connectivity index (χ0n) is 12.1. The maximum Gasteiger partial charge on any atom is 0.339 e. The van der Waals surface area contributed by atoms with E-state index in [1.807, 2.05) is 24.3 Å². The summed E-state index contributed by atoms with van der Waals surface area (Å²) in [6.45, 7) is 2.12. The number of aromatic carboxylic acids is 1. The van der Waals surface area contributed by atoms with Crippen molar-refractivity contribution in [3.8, 4) is 17.2 Å². The van der Waals surface area contributed by atoms with Crippen molar-refractivity contribution in [2.75, 3.05) is 7.11 Å². The van der Waals surface area contributed by atoms with Gasteiger partial charge < -0.3 is 14.6 Å². The van der Waals surface area contributed by atoms with Gasteiger partial charge in [-0.05, 0) is 36.2 Å². The number of benzene rings is 2. The average Bonchev–Trinajstić information content (AvgIpc) is 2.49. The van der Waals surface area contributed by atoms with Crippen LogP contribution in [0, 0.1) is 0 Å². The van der Waals surface area contributed by atoms with Crippen molar-refractivity contribution in [3.63, 3.8) is 0 Å². The third-order valence-electron chi connectivity index (χ3n) is 3.11. The molecule has 0 fully saturated rings. The second kappa shape index (κ2) is 6.79. The Balaban J connectivity index is 2.26. The standard InChI is InChI=1S/C17H18O4/c1-3-4-12-5-7-13(8-6-12)21-16-11-14(20-2)9-10-15(16)17(18)19/h5-11H,3-4H2,1-2H3,(H,18,19). The fourth-order valence-electron chi connectivity index (χ4n) is 2.03. The van der Waals surface area contributed by atoms with Gasteiger partial charge in [0.25, 0.3) is 0 Å². The highest BCUT2D eigenvalue weighted by Gasteiger charge is 2.13. The van der Waals surface area contributed by atoms with Gasteiger partial charge in [-0.2, -0.15) is 0 Å². The highest BCUT2D eigenvalue weighted by atomic mass is 16.5. The second-order valence-corrected chi connectivity index (χ2v) is 4.66. The summed E-state index contributed by atoms with van der Waals surface area (Å²) in [5.41, 5.74) is 1.34. The van der Waals surface area contributed by atoms with Gasteiger partial charge in [-0.15, -0.1) is 0 Å². The first-order chi connectivity index (χ1) is 10.1. The molecule has 0 aliphatic rings. The molecule has 2 aromatic rings. The largest absolute Gasteiger partial charge is 0.497 e. The third kappa shape index (κ3) is 3.75.